The van der Waals surface area contributed by atoms with E-state index in [0.29, 0.717) is 16.5 Å². The Morgan fingerprint density at radius 2 is 1.96 bits per heavy atom. The molecule has 28 heavy (non-hydrogen) atoms. The number of hydrogen-bond donors (Lipinski definition) is 2. The molecule has 4 rings (SSSR count). The van der Waals surface area contributed by atoms with E-state index in [1.54, 1.807) is 18.2 Å². The van der Waals surface area contributed by atoms with Crippen LogP contribution in [0.4, 0.5) is 5.69 Å². The van der Waals surface area contributed by atoms with Crippen molar-refractivity contribution in [2.75, 3.05) is 11.9 Å². The number of imidazole rings is 1. The van der Waals surface area contributed by atoms with Crippen molar-refractivity contribution < 1.29 is 9.53 Å². The predicted molar refractivity (Wildman–Crippen MR) is 112 cm³/mol. The van der Waals surface area contributed by atoms with Gasteiger partial charge < -0.3 is 15.0 Å². The molecule has 6 heteroatoms. The summed E-state index contributed by atoms with van der Waals surface area (Å²) in [5, 5.41) is 3.49. The van der Waals surface area contributed by atoms with Crippen LogP contribution in [0.25, 0.3) is 22.4 Å². The van der Waals surface area contributed by atoms with Gasteiger partial charge in [-0.15, -0.1) is 0 Å². The summed E-state index contributed by atoms with van der Waals surface area (Å²) in [7, 11) is 0. The number of ether oxygens (including phenoxy) is 1. The zero-order valence-electron chi connectivity index (χ0n) is 15.2. The van der Waals surface area contributed by atoms with Gasteiger partial charge in [0.25, 0.3) is 5.91 Å². The largest absolute Gasteiger partial charge is 0.483 e. The molecule has 0 saturated heterocycles. The third-order valence-electron chi connectivity index (χ3n) is 4.30. The van der Waals surface area contributed by atoms with Crippen LogP contribution in [0.5, 0.6) is 5.75 Å². The SMILES string of the molecule is Cc1cc(Cl)ccc1OCC(=O)Nc1cccc(-c2nc3ccccc3[nH]2)c1. The lowest BCUT2D eigenvalue weighted by Crippen LogP contribution is -2.20. The van der Waals surface area contributed by atoms with Gasteiger partial charge in [-0.05, 0) is 55.0 Å². The molecule has 0 aliphatic carbocycles. The first-order valence-electron chi connectivity index (χ1n) is 8.82. The van der Waals surface area contributed by atoms with E-state index >= 15 is 0 Å². The molecule has 0 atom stereocenters. The van der Waals surface area contributed by atoms with Crippen LogP contribution in [0.15, 0.2) is 66.7 Å². The van der Waals surface area contributed by atoms with Gasteiger partial charge in [0, 0.05) is 16.3 Å². The Hall–Kier alpha value is -3.31. The molecule has 4 aromatic rings. The molecule has 0 aliphatic rings. The van der Waals surface area contributed by atoms with Gasteiger partial charge in [-0.3, -0.25) is 4.79 Å². The monoisotopic (exact) mass is 391 g/mol. The summed E-state index contributed by atoms with van der Waals surface area (Å²) >= 11 is 5.94. The van der Waals surface area contributed by atoms with Gasteiger partial charge in [-0.25, -0.2) is 4.98 Å². The van der Waals surface area contributed by atoms with Crippen LogP contribution in [0.3, 0.4) is 0 Å². The molecule has 0 aliphatic heterocycles. The number of anilines is 1. The van der Waals surface area contributed by atoms with E-state index in [2.05, 4.69) is 15.3 Å². The van der Waals surface area contributed by atoms with Gasteiger partial charge in [0.05, 0.1) is 11.0 Å². The average molecular weight is 392 g/mol. The van der Waals surface area contributed by atoms with Crippen LogP contribution in [0.2, 0.25) is 5.02 Å². The number of carbonyl (C=O) groups is 1. The first kappa shape index (κ1) is 18.1. The van der Waals surface area contributed by atoms with Gasteiger partial charge in [0.1, 0.15) is 11.6 Å². The number of para-hydroxylation sites is 2. The number of aromatic nitrogens is 2. The molecular formula is C22H18ClN3O2. The first-order chi connectivity index (χ1) is 13.6. The second-order valence-corrected chi connectivity index (χ2v) is 6.87. The van der Waals surface area contributed by atoms with Gasteiger partial charge in [0.2, 0.25) is 0 Å². The van der Waals surface area contributed by atoms with Crippen LogP contribution in [-0.4, -0.2) is 22.5 Å². The maximum atomic E-state index is 12.3. The molecule has 1 aromatic heterocycles. The highest BCUT2D eigenvalue weighted by molar-refractivity contribution is 6.30. The Kier molecular flexibility index (Phi) is 5.00. The Morgan fingerprint density at radius 3 is 2.79 bits per heavy atom. The number of carbonyl (C=O) groups excluding carboxylic acids is 1. The number of nitrogens with one attached hydrogen (secondary N) is 2. The number of benzene rings is 3. The Balaban J connectivity index is 1.44. The van der Waals surface area contributed by atoms with E-state index in [4.69, 9.17) is 16.3 Å². The van der Waals surface area contributed by atoms with Crippen molar-refractivity contribution >= 4 is 34.2 Å². The Bertz CT molecular complexity index is 1120. The van der Waals surface area contributed by atoms with Gasteiger partial charge in [0.15, 0.2) is 6.61 Å². The third kappa shape index (κ3) is 4.00. The molecule has 3 aromatic carbocycles. The molecule has 5 nitrogen and oxygen atoms in total. The minimum atomic E-state index is -0.240. The van der Waals surface area contributed by atoms with Crippen LogP contribution in [0, 0.1) is 6.92 Å². The van der Waals surface area contributed by atoms with Crippen molar-refractivity contribution in [2.45, 2.75) is 6.92 Å². The van der Waals surface area contributed by atoms with Crippen molar-refractivity contribution in [1.82, 2.24) is 9.97 Å². The molecule has 0 saturated carbocycles. The molecule has 0 unspecified atom stereocenters. The molecule has 2 N–H and O–H groups in total. The Morgan fingerprint density at radius 1 is 1.11 bits per heavy atom. The van der Waals surface area contributed by atoms with Crippen molar-refractivity contribution in [3.05, 3.63) is 77.3 Å². The standard InChI is InChI=1S/C22H18ClN3O2/c1-14-11-16(23)9-10-20(14)28-13-21(27)24-17-6-4-5-15(12-17)22-25-18-7-2-3-8-19(18)26-22/h2-12H,13H2,1H3,(H,24,27)(H,25,26). The normalized spacial score (nSPS) is 10.8. The molecule has 1 amide bonds. The van der Waals surface area contributed by atoms with Crippen molar-refractivity contribution in [1.29, 1.82) is 0 Å². The average Bonchev–Trinajstić information content (AvgIpc) is 3.12. The topological polar surface area (TPSA) is 67.0 Å². The van der Waals surface area contributed by atoms with E-state index < -0.39 is 0 Å². The van der Waals surface area contributed by atoms with Gasteiger partial charge in [-0.1, -0.05) is 35.9 Å². The summed E-state index contributed by atoms with van der Waals surface area (Å²) in [5.74, 6) is 1.15. The minimum Gasteiger partial charge on any atom is -0.483 e. The summed E-state index contributed by atoms with van der Waals surface area (Å²) < 4.78 is 5.59. The maximum absolute atomic E-state index is 12.3. The second kappa shape index (κ2) is 7.74. The van der Waals surface area contributed by atoms with Crippen LogP contribution >= 0.6 is 11.6 Å². The molecule has 0 radical (unpaired) electrons. The Labute approximate surface area is 167 Å². The number of aromatic amines is 1. The number of amides is 1. The lowest BCUT2D eigenvalue weighted by molar-refractivity contribution is -0.118. The zero-order valence-corrected chi connectivity index (χ0v) is 16.0. The highest BCUT2D eigenvalue weighted by Gasteiger charge is 2.09. The lowest BCUT2D eigenvalue weighted by Gasteiger charge is -2.10. The van der Waals surface area contributed by atoms with Crippen molar-refractivity contribution in [3.63, 3.8) is 0 Å². The quantitative estimate of drug-likeness (QED) is 0.490. The van der Waals surface area contributed by atoms with Crippen LogP contribution < -0.4 is 10.1 Å². The fourth-order valence-electron chi connectivity index (χ4n) is 2.95. The van der Waals surface area contributed by atoms with E-state index in [1.165, 1.54) is 0 Å². The number of rotatable bonds is 5. The molecular weight excluding hydrogens is 374 g/mol. The number of aryl methyl sites for hydroxylation is 1. The fourth-order valence-corrected chi connectivity index (χ4v) is 3.18. The molecule has 140 valence electrons. The highest BCUT2D eigenvalue weighted by Crippen LogP contribution is 2.24. The molecule has 1 heterocycles. The van der Waals surface area contributed by atoms with E-state index in [9.17, 15) is 4.79 Å². The lowest BCUT2D eigenvalue weighted by atomic mass is 10.2. The molecule has 0 spiro atoms. The first-order valence-corrected chi connectivity index (χ1v) is 9.20. The number of fused-ring (bicyclic) bond motifs is 1. The van der Waals surface area contributed by atoms with Crippen LogP contribution in [-0.2, 0) is 4.79 Å². The second-order valence-electron chi connectivity index (χ2n) is 6.43. The van der Waals surface area contributed by atoms with Crippen molar-refractivity contribution in [2.24, 2.45) is 0 Å². The van der Waals surface area contributed by atoms with E-state index in [1.807, 2.05) is 55.5 Å². The summed E-state index contributed by atoms with van der Waals surface area (Å²) in [4.78, 5) is 20.1. The number of halogens is 1. The maximum Gasteiger partial charge on any atom is 0.262 e. The fraction of sp³-hybridized carbons (Fsp3) is 0.0909. The summed E-state index contributed by atoms with van der Waals surface area (Å²) in [5.41, 5.74) is 4.33. The zero-order chi connectivity index (χ0) is 19.5. The number of hydrogen-bond acceptors (Lipinski definition) is 3. The van der Waals surface area contributed by atoms with E-state index in [-0.39, 0.29) is 12.5 Å². The number of nitrogens with zero attached hydrogens (tertiary/aromatic N) is 1. The molecule has 0 fully saturated rings. The smallest absolute Gasteiger partial charge is 0.262 e. The van der Waals surface area contributed by atoms with Crippen molar-refractivity contribution in [3.8, 4) is 17.1 Å². The number of H-pyrrole nitrogens is 1. The summed E-state index contributed by atoms with van der Waals surface area (Å²) in [6, 6.07) is 20.7. The predicted octanol–water partition coefficient (Wildman–Crippen LogP) is 5.21. The highest BCUT2D eigenvalue weighted by atomic mass is 35.5. The third-order valence-corrected chi connectivity index (χ3v) is 4.54. The molecule has 0 bridgehead atoms. The minimum absolute atomic E-state index is 0.0860. The van der Waals surface area contributed by atoms with Crippen LogP contribution in [0.1, 0.15) is 5.56 Å². The summed E-state index contributed by atoms with van der Waals surface area (Å²) in [6.07, 6.45) is 0. The van der Waals surface area contributed by atoms with Gasteiger partial charge >= 0.3 is 0 Å². The van der Waals surface area contributed by atoms with Gasteiger partial charge in [-0.2, -0.15) is 0 Å². The van der Waals surface area contributed by atoms with E-state index in [0.717, 1.165) is 28.0 Å². The summed E-state index contributed by atoms with van der Waals surface area (Å²) in [6.45, 7) is 1.80.